The zero-order chi connectivity index (χ0) is 19.9. The average Bonchev–Trinajstić information content (AvgIpc) is 2.73. The van der Waals surface area contributed by atoms with Crippen molar-refractivity contribution >= 4 is 5.97 Å². The molecular formula is C24H19FO3. The van der Waals surface area contributed by atoms with Crippen molar-refractivity contribution in [1.82, 2.24) is 0 Å². The fourth-order valence-corrected chi connectivity index (χ4v) is 2.69. The maximum Gasteiger partial charge on any atom is 0.335 e. The van der Waals surface area contributed by atoms with Crippen LogP contribution in [0, 0.1) is 5.82 Å². The molecule has 0 saturated heterocycles. The summed E-state index contributed by atoms with van der Waals surface area (Å²) in [5.74, 6) is 0.243. The molecule has 0 unspecified atom stereocenters. The summed E-state index contributed by atoms with van der Waals surface area (Å²) in [6, 6.07) is 19.2. The van der Waals surface area contributed by atoms with E-state index >= 15 is 0 Å². The third kappa shape index (κ3) is 4.54. The van der Waals surface area contributed by atoms with Gasteiger partial charge in [-0.25, -0.2) is 9.18 Å². The molecular weight excluding hydrogens is 355 g/mol. The zero-order valence-electron chi connectivity index (χ0n) is 15.2. The molecule has 4 heteroatoms. The van der Waals surface area contributed by atoms with Crippen LogP contribution in [0.4, 0.5) is 4.39 Å². The Bertz CT molecular complexity index is 989. The van der Waals surface area contributed by atoms with E-state index < -0.39 is 5.97 Å². The number of benzene rings is 3. The minimum Gasteiger partial charge on any atom is -0.490 e. The van der Waals surface area contributed by atoms with Crippen LogP contribution in [0.1, 0.15) is 0 Å². The van der Waals surface area contributed by atoms with E-state index in [0.717, 1.165) is 23.0 Å². The highest BCUT2D eigenvalue weighted by Gasteiger charge is 2.09. The standard InChI is InChI=1S/C24H19FO3/c1-3-15-27-20-10-5-17(6-11-20)19-9-14-22(23(25)16-19)18-7-12-21(13-8-18)28-24(26)4-2/h3-14,16H,1-2,15H2. The topological polar surface area (TPSA) is 35.5 Å². The SMILES string of the molecule is C=CCOc1ccc(-c2ccc(-c3ccc(OC(=O)C=C)cc3)c(F)c2)cc1. The van der Waals surface area contributed by atoms with E-state index in [-0.39, 0.29) is 5.82 Å². The van der Waals surface area contributed by atoms with Crippen molar-refractivity contribution in [1.29, 1.82) is 0 Å². The van der Waals surface area contributed by atoms with Gasteiger partial charge in [0.05, 0.1) is 0 Å². The summed E-state index contributed by atoms with van der Waals surface area (Å²) in [7, 11) is 0. The first-order valence-corrected chi connectivity index (χ1v) is 8.69. The highest BCUT2D eigenvalue weighted by molar-refractivity contribution is 5.83. The van der Waals surface area contributed by atoms with Gasteiger partial charge in [-0.15, -0.1) is 0 Å². The summed E-state index contributed by atoms with van der Waals surface area (Å²) >= 11 is 0. The summed E-state index contributed by atoms with van der Waals surface area (Å²) in [5.41, 5.74) is 2.82. The van der Waals surface area contributed by atoms with Crippen LogP contribution in [0.15, 0.2) is 92.0 Å². The molecule has 0 heterocycles. The minimum absolute atomic E-state index is 0.333. The molecule has 0 spiro atoms. The third-order valence-corrected chi connectivity index (χ3v) is 4.08. The number of halogens is 1. The number of carbonyl (C=O) groups is 1. The van der Waals surface area contributed by atoms with Crippen LogP contribution in [0.3, 0.4) is 0 Å². The average molecular weight is 374 g/mol. The molecule has 0 radical (unpaired) electrons. The second-order valence-corrected chi connectivity index (χ2v) is 5.97. The van der Waals surface area contributed by atoms with Crippen LogP contribution in [0.5, 0.6) is 11.5 Å². The summed E-state index contributed by atoms with van der Waals surface area (Å²) in [6.07, 6.45) is 2.77. The Morgan fingerprint density at radius 2 is 1.46 bits per heavy atom. The number of rotatable bonds is 7. The summed E-state index contributed by atoms with van der Waals surface area (Å²) in [6.45, 7) is 7.40. The monoisotopic (exact) mass is 374 g/mol. The van der Waals surface area contributed by atoms with Crippen LogP contribution in [0.25, 0.3) is 22.3 Å². The Morgan fingerprint density at radius 3 is 2.07 bits per heavy atom. The fraction of sp³-hybridized carbons (Fsp3) is 0.0417. The number of ether oxygens (including phenoxy) is 2. The molecule has 3 nitrogen and oxygen atoms in total. The predicted molar refractivity (Wildman–Crippen MR) is 109 cm³/mol. The molecule has 3 aromatic rings. The number of carbonyl (C=O) groups excluding carboxylic acids is 1. The molecule has 3 rings (SSSR count). The fourth-order valence-electron chi connectivity index (χ4n) is 2.69. The second-order valence-electron chi connectivity index (χ2n) is 5.97. The van der Waals surface area contributed by atoms with Gasteiger partial charge in [-0.3, -0.25) is 0 Å². The lowest BCUT2D eigenvalue weighted by Gasteiger charge is -2.09. The zero-order valence-corrected chi connectivity index (χ0v) is 15.2. The van der Waals surface area contributed by atoms with Crippen LogP contribution in [0.2, 0.25) is 0 Å². The van der Waals surface area contributed by atoms with E-state index in [4.69, 9.17) is 9.47 Å². The van der Waals surface area contributed by atoms with E-state index in [1.165, 1.54) is 6.07 Å². The largest absolute Gasteiger partial charge is 0.490 e. The second kappa shape index (κ2) is 8.82. The lowest BCUT2D eigenvalue weighted by Crippen LogP contribution is -2.02. The Labute approximate surface area is 163 Å². The molecule has 0 N–H and O–H groups in total. The predicted octanol–water partition coefficient (Wildman–Crippen LogP) is 5.82. The van der Waals surface area contributed by atoms with E-state index in [0.29, 0.717) is 23.5 Å². The van der Waals surface area contributed by atoms with Gasteiger partial charge in [-0.1, -0.05) is 55.6 Å². The number of hydrogen-bond acceptors (Lipinski definition) is 3. The first-order valence-electron chi connectivity index (χ1n) is 8.69. The molecule has 28 heavy (non-hydrogen) atoms. The Hall–Kier alpha value is -3.66. The van der Waals surface area contributed by atoms with Gasteiger partial charge in [0.2, 0.25) is 0 Å². The molecule has 0 aromatic heterocycles. The quantitative estimate of drug-likeness (QED) is 0.226. The van der Waals surface area contributed by atoms with Gasteiger partial charge in [-0.2, -0.15) is 0 Å². The molecule has 3 aromatic carbocycles. The van der Waals surface area contributed by atoms with Crippen LogP contribution in [-0.4, -0.2) is 12.6 Å². The Balaban J connectivity index is 1.79. The van der Waals surface area contributed by atoms with Gasteiger partial charge in [0.25, 0.3) is 0 Å². The molecule has 0 bridgehead atoms. The number of esters is 1. The molecule has 0 aliphatic heterocycles. The van der Waals surface area contributed by atoms with Gasteiger partial charge in [0, 0.05) is 11.6 Å². The van der Waals surface area contributed by atoms with Crippen molar-refractivity contribution in [2.75, 3.05) is 6.61 Å². The summed E-state index contributed by atoms with van der Waals surface area (Å²) in [4.78, 5) is 11.2. The van der Waals surface area contributed by atoms with Crippen LogP contribution >= 0.6 is 0 Å². The van der Waals surface area contributed by atoms with E-state index in [1.54, 1.807) is 36.4 Å². The molecule has 140 valence electrons. The number of hydrogen-bond donors (Lipinski definition) is 0. The smallest absolute Gasteiger partial charge is 0.335 e. The molecule has 0 amide bonds. The normalized spacial score (nSPS) is 10.2. The van der Waals surface area contributed by atoms with Gasteiger partial charge in [0.1, 0.15) is 23.9 Å². The first kappa shape index (κ1) is 19.1. The maximum absolute atomic E-state index is 14.7. The molecule has 0 aliphatic rings. The van der Waals surface area contributed by atoms with Crippen molar-refractivity contribution in [3.63, 3.8) is 0 Å². The van der Waals surface area contributed by atoms with Crippen LogP contribution in [-0.2, 0) is 4.79 Å². The van der Waals surface area contributed by atoms with Crippen molar-refractivity contribution < 1.29 is 18.7 Å². The van der Waals surface area contributed by atoms with E-state index in [2.05, 4.69) is 13.2 Å². The van der Waals surface area contributed by atoms with Gasteiger partial charge in [0.15, 0.2) is 0 Å². The van der Waals surface area contributed by atoms with E-state index in [1.807, 2.05) is 30.3 Å². The minimum atomic E-state index is -0.538. The first-order chi connectivity index (χ1) is 13.6. The lowest BCUT2D eigenvalue weighted by molar-refractivity contribution is -0.128. The van der Waals surface area contributed by atoms with Crippen molar-refractivity contribution in [2.24, 2.45) is 0 Å². The molecule has 0 aliphatic carbocycles. The Kier molecular flexibility index (Phi) is 6.02. The summed E-state index contributed by atoms with van der Waals surface area (Å²) in [5, 5.41) is 0. The van der Waals surface area contributed by atoms with Crippen LogP contribution < -0.4 is 9.47 Å². The maximum atomic E-state index is 14.7. The third-order valence-electron chi connectivity index (χ3n) is 4.08. The lowest BCUT2D eigenvalue weighted by atomic mass is 9.99. The molecule has 0 saturated carbocycles. The van der Waals surface area contributed by atoms with Gasteiger partial charge < -0.3 is 9.47 Å². The van der Waals surface area contributed by atoms with E-state index in [9.17, 15) is 9.18 Å². The molecule has 0 fully saturated rings. The Morgan fingerprint density at radius 1 is 0.857 bits per heavy atom. The van der Waals surface area contributed by atoms with Gasteiger partial charge in [-0.05, 0) is 47.0 Å². The highest BCUT2D eigenvalue weighted by atomic mass is 19.1. The van der Waals surface area contributed by atoms with Crippen molar-refractivity contribution in [2.45, 2.75) is 0 Å². The highest BCUT2D eigenvalue weighted by Crippen LogP contribution is 2.30. The van der Waals surface area contributed by atoms with Gasteiger partial charge >= 0.3 is 5.97 Å². The molecule has 0 atom stereocenters. The summed E-state index contributed by atoms with van der Waals surface area (Å²) < 4.78 is 25.2. The van der Waals surface area contributed by atoms with Crippen molar-refractivity contribution in [3.05, 3.63) is 97.9 Å². The van der Waals surface area contributed by atoms with Crippen molar-refractivity contribution in [3.8, 4) is 33.8 Å².